The Morgan fingerprint density at radius 1 is 1.30 bits per heavy atom. The van der Waals surface area contributed by atoms with E-state index in [1.165, 1.54) is 6.26 Å². The maximum absolute atomic E-state index is 11.5. The van der Waals surface area contributed by atoms with Crippen molar-refractivity contribution in [1.82, 2.24) is 25.1 Å². The van der Waals surface area contributed by atoms with Gasteiger partial charge in [-0.2, -0.15) is 4.68 Å². The number of tetrazole rings is 1. The van der Waals surface area contributed by atoms with Crippen LogP contribution in [0.4, 0.5) is 0 Å². The summed E-state index contributed by atoms with van der Waals surface area (Å²) in [5.74, 6) is 0.714. The van der Waals surface area contributed by atoms with Gasteiger partial charge in [-0.3, -0.25) is 4.90 Å². The van der Waals surface area contributed by atoms with Crippen LogP contribution in [0.15, 0.2) is 29.2 Å². The quantitative estimate of drug-likeness (QED) is 0.792. The van der Waals surface area contributed by atoms with Gasteiger partial charge >= 0.3 is 0 Å². The molecule has 23 heavy (non-hydrogen) atoms. The second kappa shape index (κ2) is 6.34. The molecule has 0 saturated carbocycles. The van der Waals surface area contributed by atoms with Gasteiger partial charge in [0.25, 0.3) is 0 Å². The zero-order valence-corrected chi connectivity index (χ0v) is 13.9. The number of morpholine rings is 1. The lowest BCUT2D eigenvalue weighted by Gasteiger charge is -2.32. The highest BCUT2D eigenvalue weighted by Gasteiger charge is 2.21. The number of aromatic nitrogens is 4. The van der Waals surface area contributed by atoms with Gasteiger partial charge in [-0.1, -0.05) is 0 Å². The molecule has 0 radical (unpaired) electrons. The molecule has 0 amide bonds. The summed E-state index contributed by atoms with van der Waals surface area (Å²) in [5, 5.41) is 11.9. The first-order valence-electron chi connectivity index (χ1n) is 7.35. The van der Waals surface area contributed by atoms with Crippen LogP contribution in [0, 0.1) is 0 Å². The third kappa shape index (κ3) is 3.57. The fourth-order valence-corrected chi connectivity index (χ4v) is 3.15. The smallest absolute Gasteiger partial charge is 0.175 e. The van der Waals surface area contributed by atoms with Crippen LogP contribution in [0.1, 0.15) is 12.7 Å². The van der Waals surface area contributed by atoms with E-state index in [1.807, 2.05) is 0 Å². The van der Waals surface area contributed by atoms with Crippen LogP contribution in [-0.2, 0) is 21.1 Å². The van der Waals surface area contributed by atoms with Crippen molar-refractivity contribution in [3.05, 3.63) is 30.1 Å². The molecule has 1 aromatic heterocycles. The van der Waals surface area contributed by atoms with Crippen molar-refractivity contribution in [3.63, 3.8) is 0 Å². The number of hydrogen-bond donors (Lipinski definition) is 0. The van der Waals surface area contributed by atoms with Gasteiger partial charge in [0.2, 0.25) is 0 Å². The zero-order chi connectivity index (χ0) is 16.4. The molecule has 1 aromatic carbocycles. The predicted octanol–water partition coefficient (Wildman–Crippen LogP) is 0.287. The summed E-state index contributed by atoms with van der Waals surface area (Å²) in [7, 11) is -3.21. The molecule has 1 unspecified atom stereocenters. The van der Waals surface area contributed by atoms with Crippen molar-refractivity contribution in [2.45, 2.75) is 24.4 Å². The second-order valence-corrected chi connectivity index (χ2v) is 7.68. The molecule has 8 nitrogen and oxygen atoms in total. The Balaban J connectivity index is 1.83. The van der Waals surface area contributed by atoms with Crippen LogP contribution < -0.4 is 0 Å². The molecule has 0 N–H and O–H groups in total. The third-order valence-corrected chi connectivity index (χ3v) is 5.02. The molecule has 1 saturated heterocycles. The Hall–Kier alpha value is -1.84. The van der Waals surface area contributed by atoms with E-state index < -0.39 is 9.84 Å². The minimum absolute atomic E-state index is 0.276. The van der Waals surface area contributed by atoms with Crippen LogP contribution >= 0.6 is 0 Å². The standard InChI is InChI=1S/C14H19N5O3S/c1-11-10-22-8-7-18(11)9-14-15-16-17-19(14)12-3-5-13(6-4-12)23(2,20)21/h3-6,11H,7-10H2,1-2H3. The zero-order valence-electron chi connectivity index (χ0n) is 13.1. The highest BCUT2D eigenvalue weighted by Crippen LogP contribution is 2.16. The monoisotopic (exact) mass is 337 g/mol. The molecule has 1 aliphatic rings. The van der Waals surface area contributed by atoms with Gasteiger partial charge in [0.05, 0.1) is 30.3 Å². The SMILES string of the molecule is CC1COCCN1Cc1nnnn1-c1ccc(S(C)(=O)=O)cc1. The van der Waals surface area contributed by atoms with Crippen LogP contribution in [0.5, 0.6) is 0 Å². The van der Waals surface area contributed by atoms with E-state index in [-0.39, 0.29) is 4.90 Å². The minimum atomic E-state index is -3.21. The van der Waals surface area contributed by atoms with Gasteiger partial charge in [0.15, 0.2) is 15.7 Å². The van der Waals surface area contributed by atoms with Gasteiger partial charge in [0.1, 0.15) is 0 Å². The maximum atomic E-state index is 11.5. The molecule has 0 aliphatic carbocycles. The molecule has 2 heterocycles. The Bertz CT molecular complexity index is 772. The van der Waals surface area contributed by atoms with Gasteiger partial charge < -0.3 is 4.74 Å². The Kier molecular flexibility index (Phi) is 4.42. The molecule has 2 aromatic rings. The summed E-state index contributed by atoms with van der Waals surface area (Å²) in [6, 6.07) is 6.85. The molecule has 1 aliphatic heterocycles. The summed E-state index contributed by atoms with van der Waals surface area (Å²) in [6.45, 7) is 4.96. The number of benzene rings is 1. The van der Waals surface area contributed by atoms with Gasteiger partial charge in [-0.05, 0) is 41.6 Å². The fourth-order valence-electron chi connectivity index (χ4n) is 2.52. The summed E-state index contributed by atoms with van der Waals surface area (Å²) in [4.78, 5) is 2.54. The number of rotatable bonds is 4. The number of sulfone groups is 1. The molecule has 0 spiro atoms. The lowest BCUT2D eigenvalue weighted by Crippen LogP contribution is -2.43. The topological polar surface area (TPSA) is 90.2 Å². The fraction of sp³-hybridized carbons (Fsp3) is 0.500. The average molecular weight is 337 g/mol. The Labute approximate surface area is 135 Å². The van der Waals surface area contributed by atoms with E-state index in [0.29, 0.717) is 31.6 Å². The number of ether oxygens (including phenoxy) is 1. The largest absolute Gasteiger partial charge is 0.379 e. The first-order chi connectivity index (χ1) is 10.9. The van der Waals surface area contributed by atoms with Gasteiger partial charge in [-0.25, -0.2) is 8.42 Å². The van der Waals surface area contributed by atoms with Crippen molar-refractivity contribution >= 4 is 9.84 Å². The van der Waals surface area contributed by atoms with E-state index in [0.717, 1.165) is 12.2 Å². The van der Waals surface area contributed by atoms with E-state index in [2.05, 4.69) is 27.3 Å². The molecular formula is C14H19N5O3S. The Morgan fingerprint density at radius 2 is 2.04 bits per heavy atom. The summed E-state index contributed by atoms with van der Waals surface area (Å²) in [5.41, 5.74) is 0.735. The molecule has 9 heteroatoms. The molecule has 3 rings (SSSR count). The number of nitrogens with zero attached hydrogens (tertiary/aromatic N) is 5. The molecule has 124 valence electrons. The molecule has 1 atom stereocenters. The molecular weight excluding hydrogens is 318 g/mol. The predicted molar refractivity (Wildman–Crippen MR) is 83.0 cm³/mol. The van der Waals surface area contributed by atoms with Crippen LogP contribution in [0.2, 0.25) is 0 Å². The average Bonchev–Trinajstić information content (AvgIpc) is 2.97. The van der Waals surface area contributed by atoms with Crippen LogP contribution in [0.3, 0.4) is 0 Å². The first-order valence-corrected chi connectivity index (χ1v) is 9.24. The normalized spacial score (nSPS) is 19.8. The summed E-state index contributed by atoms with van der Waals surface area (Å²) in [6.07, 6.45) is 1.18. The first kappa shape index (κ1) is 16.0. The van der Waals surface area contributed by atoms with E-state index >= 15 is 0 Å². The lowest BCUT2D eigenvalue weighted by atomic mass is 10.2. The summed E-state index contributed by atoms with van der Waals surface area (Å²) >= 11 is 0. The summed E-state index contributed by atoms with van der Waals surface area (Å²) < 4.78 is 30.1. The maximum Gasteiger partial charge on any atom is 0.175 e. The van der Waals surface area contributed by atoms with Crippen molar-refractivity contribution < 1.29 is 13.2 Å². The van der Waals surface area contributed by atoms with E-state index in [4.69, 9.17) is 4.74 Å². The Morgan fingerprint density at radius 3 is 2.70 bits per heavy atom. The number of hydrogen-bond acceptors (Lipinski definition) is 7. The third-order valence-electron chi connectivity index (χ3n) is 3.89. The highest BCUT2D eigenvalue weighted by molar-refractivity contribution is 7.90. The second-order valence-electron chi connectivity index (χ2n) is 5.67. The van der Waals surface area contributed by atoms with Gasteiger partial charge in [-0.15, -0.1) is 5.10 Å². The molecule has 0 bridgehead atoms. The van der Waals surface area contributed by atoms with Gasteiger partial charge in [0, 0.05) is 18.8 Å². The van der Waals surface area contributed by atoms with Crippen LogP contribution in [-0.4, -0.2) is 65.6 Å². The lowest BCUT2D eigenvalue weighted by molar-refractivity contribution is -0.00579. The van der Waals surface area contributed by atoms with Crippen molar-refractivity contribution in [3.8, 4) is 5.69 Å². The van der Waals surface area contributed by atoms with Crippen molar-refractivity contribution in [2.75, 3.05) is 26.0 Å². The van der Waals surface area contributed by atoms with Crippen molar-refractivity contribution in [2.24, 2.45) is 0 Å². The van der Waals surface area contributed by atoms with E-state index in [9.17, 15) is 8.42 Å². The molecule has 1 fully saturated rings. The van der Waals surface area contributed by atoms with Crippen molar-refractivity contribution in [1.29, 1.82) is 0 Å². The van der Waals surface area contributed by atoms with E-state index in [1.54, 1.807) is 28.9 Å². The minimum Gasteiger partial charge on any atom is -0.379 e. The highest BCUT2D eigenvalue weighted by atomic mass is 32.2. The van der Waals surface area contributed by atoms with Crippen LogP contribution in [0.25, 0.3) is 5.69 Å².